The minimum atomic E-state index is 0.554. The van der Waals surface area contributed by atoms with Gasteiger partial charge in [0, 0.05) is 5.33 Å². The Balaban J connectivity index is 2.01. The molecule has 0 heterocycles. The van der Waals surface area contributed by atoms with Crippen molar-refractivity contribution in [3.8, 4) is 0 Å². The lowest BCUT2D eigenvalue weighted by atomic mass is 10.1. The molecular formula is C7H13BrO2. The average Bonchev–Trinajstić information content (AvgIpc) is 2.70. The summed E-state index contributed by atoms with van der Waals surface area (Å²) in [6.07, 6.45) is 3.79. The summed E-state index contributed by atoms with van der Waals surface area (Å²) in [5.41, 5.74) is 0.554. The molecule has 0 unspecified atom stereocenters. The van der Waals surface area contributed by atoms with Gasteiger partial charge in [0.05, 0.1) is 13.7 Å². The summed E-state index contributed by atoms with van der Waals surface area (Å²) in [7, 11) is 1.55. The summed E-state index contributed by atoms with van der Waals surface area (Å²) in [5.74, 6) is 0. The second kappa shape index (κ2) is 3.69. The van der Waals surface area contributed by atoms with Crippen molar-refractivity contribution in [2.75, 3.05) is 19.0 Å². The third-order valence-electron chi connectivity index (χ3n) is 2.07. The van der Waals surface area contributed by atoms with Crippen LogP contribution >= 0.6 is 15.9 Å². The minimum absolute atomic E-state index is 0.554. The van der Waals surface area contributed by atoms with Gasteiger partial charge in [-0.25, -0.2) is 9.78 Å². The van der Waals surface area contributed by atoms with Gasteiger partial charge < -0.3 is 0 Å². The Hall–Kier alpha value is 0.400. The molecule has 10 heavy (non-hydrogen) atoms. The molecule has 0 aromatic heterocycles. The summed E-state index contributed by atoms with van der Waals surface area (Å²) in [6, 6.07) is 0. The van der Waals surface area contributed by atoms with Crippen LogP contribution in [-0.4, -0.2) is 19.0 Å². The highest BCUT2D eigenvalue weighted by Gasteiger charge is 2.40. The molecule has 1 saturated carbocycles. The molecule has 3 heteroatoms. The van der Waals surface area contributed by atoms with E-state index in [9.17, 15) is 0 Å². The molecule has 0 radical (unpaired) electrons. The van der Waals surface area contributed by atoms with E-state index in [2.05, 4.69) is 20.8 Å². The Morgan fingerprint density at radius 2 is 2.20 bits per heavy atom. The molecule has 0 aliphatic heterocycles. The third-order valence-corrected chi connectivity index (χ3v) is 3.26. The number of hydrogen-bond acceptors (Lipinski definition) is 2. The second-order valence-corrected chi connectivity index (χ2v) is 3.43. The van der Waals surface area contributed by atoms with Crippen LogP contribution in [-0.2, 0) is 9.78 Å². The molecule has 2 nitrogen and oxygen atoms in total. The van der Waals surface area contributed by atoms with Crippen molar-refractivity contribution in [2.45, 2.75) is 19.3 Å². The second-order valence-electron chi connectivity index (χ2n) is 2.87. The predicted molar refractivity (Wildman–Crippen MR) is 43.0 cm³/mol. The fourth-order valence-corrected chi connectivity index (χ4v) is 1.81. The van der Waals surface area contributed by atoms with Gasteiger partial charge in [0.2, 0.25) is 0 Å². The van der Waals surface area contributed by atoms with E-state index in [4.69, 9.17) is 4.89 Å². The fraction of sp³-hybridized carbons (Fsp3) is 1.00. The molecule has 0 atom stereocenters. The average molecular weight is 209 g/mol. The molecule has 60 valence electrons. The Kier molecular flexibility index (Phi) is 3.14. The minimum Gasteiger partial charge on any atom is -0.240 e. The molecule has 0 saturated heterocycles. The van der Waals surface area contributed by atoms with Crippen LogP contribution in [0.4, 0.5) is 0 Å². The molecule has 0 aromatic rings. The standard InChI is InChI=1S/C7H13BrO2/c1-9-10-5-4-7(6-8)2-3-7/h2-6H2,1H3. The van der Waals surface area contributed by atoms with Gasteiger partial charge in [-0.1, -0.05) is 15.9 Å². The quantitative estimate of drug-likeness (QED) is 0.299. The van der Waals surface area contributed by atoms with Crippen molar-refractivity contribution >= 4 is 15.9 Å². The largest absolute Gasteiger partial charge is 0.240 e. The van der Waals surface area contributed by atoms with Crippen molar-refractivity contribution in [2.24, 2.45) is 5.41 Å². The van der Waals surface area contributed by atoms with E-state index in [-0.39, 0.29) is 0 Å². The number of rotatable bonds is 5. The zero-order valence-corrected chi connectivity index (χ0v) is 7.82. The lowest BCUT2D eigenvalue weighted by molar-refractivity contribution is -0.274. The van der Waals surface area contributed by atoms with Crippen LogP contribution in [0.3, 0.4) is 0 Å². The van der Waals surface area contributed by atoms with Crippen LogP contribution in [0.2, 0.25) is 0 Å². The fourth-order valence-electron chi connectivity index (χ4n) is 0.969. The first-order valence-corrected chi connectivity index (χ1v) is 4.67. The van der Waals surface area contributed by atoms with Gasteiger partial charge in [-0.05, 0) is 24.7 Å². The molecule has 1 rings (SSSR count). The van der Waals surface area contributed by atoms with Crippen molar-refractivity contribution < 1.29 is 9.78 Å². The van der Waals surface area contributed by atoms with Gasteiger partial charge in [0.25, 0.3) is 0 Å². The third kappa shape index (κ3) is 2.22. The van der Waals surface area contributed by atoms with Crippen LogP contribution in [0.5, 0.6) is 0 Å². The van der Waals surface area contributed by atoms with Crippen LogP contribution in [0.1, 0.15) is 19.3 Å². The van der Waals surface area contributed by atoms with Gasteiger partial charge in [0.1, 0.15) is 0 Å². The van der Waals surface area contributed by atoms with Crippen LogP contribution in [0.25, 0.3) is 0 Å². The molecule has 0 N–H and O–H groups in total. The van der Waals surface area contributed by atoms with Crippen molar-refractivity contribution in [3.05, 3.63) is 0 Å². The Morgan fingerprint density at radius 1 is 1.50 bits per heavy atom. The van der Waals surface area contributed by atoms with E-state index in [0.717, 1.165) is 18.4 Å². The van der Waals surface area contributed by atoms with E-state index in [1.165, 1.54) is 12.8 Å². The molecule has 0 bridgehead atoms. The summed E-state index contributed by atoms with van der Waals surface area (Å²) in [6.45, 7) is 0.724. The van der Waals surface area contributed by atoms with Gasteiger partial charge in [-0.3, -0.25) is 0 Å². The van der Waals surface area contributed by atoms with Gasteiger partial charge >= 0.3 is 0 Å². The first-order chi connectivity index (χ1) is 4.83. The normalized spacial score (nSPS) is 21.0. The Labute approximate surface area is 69.9 Å². The first-order valence-electron chi connectivity index (χ1n) is 3.55. The Bertz CT molecular complexity index is 102. The van der Waals surface area contributed by atoms with Crippen molar-refractivity contribution in [1.29, 1.82) is 0 Å². The number of halogens is 1. The van der Waals surface area contributed by atoms with Crippen LogP contribution < -0.4 is 0 Å². The van der Waals surface area contributed by atoms with Crippen molar-refractivity contribution in [3.63, 3.8) is 0 Å². The molecule has 1 aliphatic rings. The summed E-state index contributed by atoms with van der Waals surface area (Å²) < 4.78 is 0. The highest BCUT2D eigenvalue weighted by Crippen LogP contribution is 2.49. The zero-order valence-electron chi connectivity index (χ0n) is 6.23. The van der Waals surface area contributed by atoms with Crippen molar-refractivity contribution in [1.82, 2.24) is 0 Å². The maximum absolute atomic E-state index is 4.79. The van der Waals surface area contributed by atoms with Gasteiger partial charge in [0.15, 0.2) is 0 Å². The maximum Gasteiger partial charge on any atom is 0.0827 e. The van der Waals surface area contributed by atoms with Gasteiger partial charge in [-0.2, -0.15) is 0 Å². The SMILES string of the molecule is COOCCC1(CBr)CC1. The van der Waals surface area contributed by atoms with E-state index < -0.39 is 0 Å². The summed E-state index contributed by atoms with van der Waals surface area (Å²) >= 11 is 3.49. The molecule has 0 spiro atoms. The first kappa shape index (κ1) is 8.50. The molecule has 0 amide bonds. The highest BCUT2D eigenvalue weighted by atomic mass is 79.9. The lowest BCUT2D eigenvalue weighted by Gasteiger charge is -2.08. The van der Waals surface area contributed by atoms with E-state index in [1.54, 1.807) is 7.11 Å². The van der Waals surface area contributed by atoms with Gasteiger partial charge in [-0.15, -0.1) is 0 Å². The molecular weight excluding hydrogens is 196 g/mol. The summed E-state index contributed by atoms with van der Waals surface area (Å²) in [4.78, 5) is 9.28. The zero-order chi connectivity index (χ0) is 7.45. The predicted octanol–water partition coefficient (Wildman–Crippen LogP) is 2.13. The Morgan fingerprint density at radius 3 is 2.60 bits per heavy atom. The highest BCUT2D eigenvalue weighted by molar-refractivity contribution is 9.09. The maximum atomic E-state index is 4.79. The smallest absolute Gasteiger partial charge is 0.0827 e. The summed E-state index contributed by atoms with van der Waals surface area (Å²) in [5, 5.41) is 1.10. The van der Waals surface area contributed by atoms with E-state index >= 15 is 0 Å². The van der Waals surface area contributed by atoms with E-state index in [1.807, 2.05) is 0 Å². The molecule has 1 fully saturated rings. The topological polar surface area (TPSA) is 18.5 Å². The number of alkyl halides is 1. The van der Waals surface area contributed by atoms with Crippen LogP contribution in [0.15, 0.2) is 0 Å². The molecule has 0 aromatic carbocycles. The number of hydrogen-bond donors (Lipinski definition) is 0. The lowest BCUT2D eigenvalue weighted by Crippen LogP contribution is -2.06. The monoisotopic (exact) mass is 208 g/mol. The van der Waals surface area contributed by atoms with E-state index in [0.29, 0.717) is 5.41 Å². The molecule has 1 aliphatic carbocycles. The van der Waals surface area contributed by atoms with Crippen LogP contribution in [0, 0.1) is 5.41 Å².